The van der Waals surface area contributed by atoms with Gasteiger partial charge in [-0.1, -0.05) is 30.3 Å². The maximum atomic E-state index is 5.55. The Hall–Kier alpha value is -2.86. The molecule has 2 aromatic heterocycles. The summed E-state index contributed by atoms with van der Waals surface area (Å²) >= 11 is 5.55. The van der Waals surface area contributed by atoms with Crippen LogP contribution in [0.4, 0.5) is 0 Å². The SMILES string of the molecule is CC(=NNC(=S)N1CCC(c2ccccn2)CC1)c1ccc2ccccc2n1. The zero-order chi connectivity index (χ0) is 19.3. The first-order valence-corrected chi connectivity index (χ1v) is 9.98. The van der Waals surface area contributed by atoms with Crippen molar-refractivity contribution >= 4 is 33.9 Å². The van der Waals surface area contributed by atoms with E-state index in [9.17, 15) is 0 Å². The molecule has 6 heteroatoms. The lowest BCUT2D eigenvalue weighted by Gasteiger charge is -2.32. The number of hydrogen-bond donors (Lipinski definition) is 1. The average Bonchev–Trinajstić information content (AvgIpc) is 2.77. The molecule has 0 unspecified atom stereocenters. The molecule has 3 aromatic rings. The minimum absolute atomic E-state index is 0.507. The standard InChI is InChI=1S/C22H23N5S/c1-16(19-10-9-17-6-2-3-8-21(17)24-19)25-26-22(28)27-14-11-18(12-15-27)20-7-4-5-13-23-20/h2-10,13,18H,11-12,14-15H2,1H3,(H,26,28). The quantitative estimate of drug-likeness (QED) is 0.415. The van der Waals surface area contributed by atoms with Gasteiger partial charge in [0.25, 0.3) is 0 Å². The Balaban J connectivity index is 1.35. The number of hydrogen-bond acceptors (Lipinski definition) is 4. The number of nitrogens with one attached hydrogen (secondary N) is 1. The molecule has 0 bridgehead atoms. The van der Waals surface area contributed by atoms with E-state index in [4.69, 9.17) is 12.2 Å². The van der Waals surface area contributed by atoms with E-state index in [1.165, 1.54) is 5.69 Å². The molecule has 0 aliphatic carbocycles. The van der Waals surface area contributed by atoms with Gasteiger partial charge in [-0.25, -0.2) is 4.98 Å². The van der Waals surface area contributed by atoms with E-state index in [1.54, 1.807) is 0 Å². The zero-order valence-corrected chi connectivity index (χ0v) is 16.7. The molecule has 5 nitrogen and oxygen atoms in total. The summed E-state index contributed by atoms with van der Waals surface area (Å²) in [5.41, 5.74) is 6.85. The number of aromatic nitrogens is 2. The summed E-state index contributed by atoms with van der Waals surface area (Å²) in [7, 11) is 0. The summed E-state index contributed by atoms with van der Waals surface area (Å²) in [5.74, 6) is 0.507. The average molecular weight is 390 g/mol. The van der Waals surface area contributed by atoms with Gasteiger partial charge in [-0.2, -0.15) is 5.10 Å². The van der Waals surface area contributed by atoms with Crippen LogP contribution in [0.3, 0.4) is 0 Å². The van der Waals surface area contributed by atoms with Crippen LogP contribution in [0.15, 0.2) is 65.9 Å². The van der Waals surface area contributed by atoms with Gasteiger partial charge in [0.15, 0.2) is 5.11 Å². The number of thiocarbonyl (C=S) groups is 1. The second kappa shape index (κ2) is 8.44. The van der Waals surface area contributed by atoms with Crippen LogP contribution in [-0.2, 0) is 0 Å². The zero-order valence-electron chi connectivity index (χ0n) is 15.9. The van der Waals surface area contributed by atoms with Gasteiger partial charge in [0, 0.05) is 36.3 Å². The molecule has 1 aliphatic heterocycles. The first-order chi connectivity index (χ1) is 13.7. The molecular formula is C22H23N5S. The monoisotopic (exact) mass is 389 g/mol. The second-order valence-corrected chi connectivity index (χ2v) is 7.41. The van der Waals surface area contributed by atoms with Crippen molar-refractivity contribution < 1.29 is 0 Å². The maximum Gasteiger partial charge on any atom is 0.189 e. The van der Waals surface area contributed by atoms with Crippen molar-refractivity contribution in [2.24, 2.45) is 5.10 Å². The predicted molar refractivity (Wildman–Crippen MR) is 117 cm³/mol. The largest absolute Gasteiger partial charge is 0.348 e. The van der Waals surface area contributed by atoms with Gasteiger partial charge in [-0.15, -0.1) is 0 Å². The number of nitrogens with zero attached hydrogens (tertiary/aromatic N) is 4. The van der Waals surface area contributed by atoms with Gasteiger partial charge in [0.05, 0.1) is 16.9 Å². The third-order valence-electron chi connectivity index (χ3n) is 5.18. The highest BCUT2D eigenvalue weighted by Gasteiger charge is 2.22. The fraction of sp³-hybridized carbons (Fsp3) is 0.273. The first kappa shape index (κ1) is 18.5. The number of benzene rings is 1. The highest BCUT2D eigenvalue weighted by Crippen LogP contribution is 2.26. The van der Waals surface area contributed by atoms with E-state index in [0.29, 0.717) is 11.0 Å². The number of hydrazone groups is 1. The smallest absolute Gasteiger partial charge is 0.189 e. The van der Waals surface area contributed by atoms with E-state index in [0.717, 1.165) is 48.2 Å². The molecular weight excluding hydrogens is 366 g/mol. The highest BCUT2D eigenvalue weighted by atomic mass is 32.1. The second-order valence-electron chi connectivity index (χ2n) is 7.02. The van der Waals surface area contributed by atoms with Crippen molar-refractivity contribution in [3.8, 4) is 0 Å². The van der Waals surface area contributed by atoms with Crippen LogP contribution >= 0.6 is 12.2 Å². The number of likely N-dealkylation sites (tertiary alicyclic amines) is 1. The summed E-state index contributed by atoms with van der Waals surface area (Å²) in [6.07, 6.45) is 3.97. The molecule has 3 heterocycles. The number of rotatable bonds is 3. The van der Waals surface area contributed by atoms with Crippen molar-refractivity contribution in [3.05, 3.63) is 72.2 Å². The number of para-hydroxylation sites is 1. The molecule has 1 N–H and O–H groups in total. The van der Waals surface area contributed by atoms with Crippen LogP contribution < -0.4 is 5.43 Å². The molecule has 1 aromatic carbocycles. The van der Waals surface area contributed by atoms with Crippen molar-refractivity contribution in [3.63, 3.8) is 0 Å². The fourth-order valence-corrected chi connectivity index (χ4v) is 3.75. The van der Waals surface area contributed by atoms with Gasteiger partial charge >= 0.3 is 0 Å². The first-order valence-electron chi connectivity index (χ1n) is 9.57. The van der Waals surface area contributed by atoms with Crippen LogP contribution in [0.1, 0.15) is 37.1 Å². The third-order valence-corrected chi connectivity index (χ3v) is 5.53. The van der Waals surface area contributed by atoms with Crippen molar-refractivity contribution in [1.29, 1.82) is 0 Å². The molecule has 0 amide bonds. The van der Waals surface area contributed by atoms with Gasteiger partial charge in [0.1, 0.15) is 0 Å². The Kier molecular flexibility index (Phi) is 5.58. The predicted octanol–water partition coefficient (Wildman–Crippen LogP) is 4.11. The third kappa shape index (κ3) is 4.17. The van der Waals surface area contributed by atoms with Crippen molar-refractivity contribution in [2.75, 3.05) is 13.1 Å². The summed E-state index contributed by atoms with van der Waals surface area (Å²) in [6.45, 7) is 3.77. The summed E-state index contributed by atoms with van der Waals surface area (Å²) in [5, 5.41) is 6.25. The normalized spacial score (nSPS) is 15.6. The Bertz CT molecular complexity index is 994. The molecule has 1 saturated heterocycles. The summed E-state index contributed by atoms with van der Waals surface area (Å²) in [6, 6.07) is 18.3. The number of pyridine rings is 2. The van der Waals surface area contributed by atoms with Gasteiger partial charge in [-0.05, 0) is 56.2 Å². The molecule has 0 radical (unpaired) electrons. The van der Waals surface area contributed by atoms with Gasteiger partial charge in [-0.3, -0.25) is 10.4 Å². The van der Waals surface area contributed by atoms with Crippen LogP contribution in [0.25, 0.3) is 10.9 Å². The molecule has 0 atom stereocenters. The Morgan fingerprint density at radius 3 is 2.64 bits per heavy atom. The number of fused-ring (bicyclic) bond motifs is 1. The fourth-order valence-electron chi connectivity index (χ4n) is 3.52. The van der Waals surface area contributed by atoms with Gasteiger partial charge < -0.3 is 4.90 Å². The Morgan fingerprint density at radius 2 is 1.86 bits per heavy atom. The van der Waals surface area contributed by atoms with Crippen LogP contribution in [0.5, 0.6) is 0 Å². The molecule has 142 valence electrons. The van der Waals surface area contributed by atoms with Crippen molar-refractivity contribution in [2.45, 2.75) is 25.7 Å². The Morgan fingerprint density at radius 1 is 1.07 bits per heavy atom. The van der Waals surface area contributed by atoms with Crippen LogP contribution in [0.2, 0.25) is 0 Å². The molecule has 28 heavy (non-hydrogen) atoms. The maximum absolute atomic E-state index is 5.55. The highest BCUT2D eigenvalue weighted by molar-refractivity contribution is 7.80. The van der Waals surface area contributed by atoms with E-state index >= 15 is 0 Å². The molecule has 1 fully saturated rings. The van der Waals surface area contributed by atoms with E-state index in [1.807, 2.05) is 43.5 Å². The lowest BCUT2D eigenvalue weighted by atomic mass is 9.93. The lowest BCUT2D eigenvalue weighted by molar-refractivity contribution is 0.307. The summed E-state index contributed by atoms with van der Waals surface area (Å²) in [4.78, 5) is 11.3. The van der Waals surface area contributed by atoms with E-state index in [2.05, 4.69) is 49.7 Å². The van der Waals surface area contributed by atoms with Crippen LogP contribution in [0, 0.1) is 0 Å². The molecule has 1 aliphatic rings. The molecule has 0 spiro atoms. The lowest BCUT2D eigenvalue weighted by Crippen LogP contribution is -2.42. The minimum Gasteiger partial charge on any atom is -0.348 e. The summed E-state index contributed by atoms with van der Waals surface area (Å²) < 4.78 is 0. The topological polar surface area (TPSA) is 53.4 Å². The van der Waals surface area contributed by atoms with E-state index < -0.39 is 0 Å². The Labute approximate surface area is 170 Å². The van der Waals surface area contributed by atoms with E-state index in [-0.39, 0.29) is 0 Å². The van der Waals surface area contributed by atoms with Crippen LogP contribution in [-0.4, -0.2) is 38.8 Å². The van der Waals surface area contributed by atoms with Crippen molar-refractivity contribution in [1.82, 2.24) is 20.3 Å². The molecule has 4 rings (SSSR count). The minimum atomic E-state index is 0.507. The number of piperidine rings is 1. The van der Waals surface area contributed by atoms with Gasteiger partial charge in [0.2, 0.25) is 0 Å². The molecule has 0 saturated carbocycles.